The van der Waals surface area contributed by atoms with Gasteiger partial charge in [-0.1, -0.05) is 24.3 Å². The summed E-state index contributed by atoms with van der Waals surface area (Å²) in [5.41, 5.74) is 1.26. The SMILES string of the molecule is COC(=O)c1ccc([C@@H]2CC(=O)Oc3c2c(=O)oc2ccccc32)cc1. The molecule has 2 aromatic carbocycles. The lowest BCUT2D eigenvalue weighted by Gasteiger charge is -2.24. The van der Waals surface area contributed by atoms with Crippen LogP contribution >= 0.6 is 0 Å². The molecule has 6 heteroatoms. The Labute approximate surface area is 148 Å². The topological polar surface area (TPSA) is 82.8 Å². The molecule has 0 fully saturated rings. The zero-order valence-electron chi connectivity index (χ0n) is 13.9. The summed E-state index contributed by atoms with van der Waals surface area (Å²) >= 11 is 0. The quantitative estimate of drug-likeness (QED) is 0.522. The monoisotopic (exact) mass is 350 g/mol. The van der Waals surface area contributed by atoms with E-state index in [1.165, 1.54) is 7.11 Å². The fraction of sp³-hybridized carbons (Fsp3) is 0.150. The van der Waals surface area contributed by atoms with E-state index < -0.39 is 23.5 Å². The highest BCUT2D eigenvalue weighted by Crippen LogP contribution is 2.40. The van der Waals surface area contributed by atoms with Crippen molar-refractivity contribution in [2.75, 3.05) is 7.11 Å². The minimum Gasteiger partial charge on any atom is -0.465 e. The van der Waals surface area contributed by atoms with Gasteiger partial charge in [-0.2, -0.15) is 0 Å². The molecular formula is C20H14O6. The Balaban J connectivity index is 1.88. The predicted octanol–water partition coefficient (Wildman–Crippen LogP) is 3.02. The molecule has 0 N–H and O–H groups in total. The highest BCUT2D eigenvalue weighted by molar-refractivity contribution is 5.91. The second-order valence-electron chi connectivity index (χ2n) is 5.97. The zero-order valence-corrected chi connectivity index (χ0v) is 13.9. The highest BCUT2D eigenvalue weighted by Gasteiger charge is 2.33. The smallest absolute Gasteiger partial charge is 0.343 e. The number of rotatable bonds is 2. The molecule has 0 aliphatic carbocycles. The van der Waals surface area contributed by atoms with Gasteiger partial charge in [0, 0.05) is 5.92 Å². The first-order chi connectivity index (χ1) is 12.6. The average Bonchev–Trinajstić information content (AvgIpc) is 2.67. The summed E-state index contributed by atoms with van der Waals surface area (Å²) in [5.74, 6) is -1.13. The highest BCUT2D eigenvalue weighted by atomic mass is 16.5. The molecule has 0 amide bonds. The van der Waals surface area contributed by atoms with E-state index in [1.54, 1.807) is 48.5 Å². The number of para-hydroxylation sites is 1. The van der Waals surface area contributed by atoms with E-state index in [9.17, 15) is 14.4 Å². The van der Waals surface area contributed by atoms with Crippen LogP contribution in [0.5, 0.6) is 5.75 Å². The fourth-order valence-corrected chi connectivity index (χ4v) is 3.22. The molecule has 26 heavy (non-hydrogen) atoms. The lowest BCUT2D eigenvalue weighted by molar-refractivity contribution is -0.135. The molecule has 6 nitrogen and oxygen atoms in total. The van der Waals surface area contributed by atoms with Gasteiger partial charge < -0.3 is 13.9 Å². The van der Waals surface area contributed by atoms with E-state index in [1.807, 2.05) is 0 Å². The van der Waals surface area contributed by atoms with Gasteiger partial charge in [0.1, 0.15) is 5.58 Å². The van der Waals surface area contributed by atoms with Crippen LogP contribution in [0.15, 0.2) is 57.7 Å². The van der Waals surface area contributed by atoms with Crippen molar-refractivity contribution in [1.82, 2.24) is 0 Å². The molecule has 0 unspecified atom stereocenters. The van der Waals surface area contributed by atoms with Crippen LogP contribution in [-0.2, 0) is 9.53 Å². The van der Waals surface area contributed by atoms with Gasteiger partial charge in [-0.3, -0.25) is 4.79 Å². The first-order valence-electron chi connectivity index (χ1n) is 8.03. The van der Waals surface area contributed by atoms with Crippen LogP contribution in [0.3, 0.4) is 0 Å². The molecule has 1 aliphatic heterocycles. The van der Waals surface area contributed by atoms with Crippen LogP contribution < -0.4 is 10.4 Å². The third-order valence-corrected chi connectivity index (χ3v) is 4.47. The summed E-state index contributed by atoms with van der Waals surface area (Å²) in [7, 11) is 1.31. The number of hydrogen-bond acceptors (Lipinski definition) is 6. The van der Waals surface area contributed by atoms with Crippen molar-refractivity contribution in [3.05, 3.63) is 75.6 Å². The van der Waals surface area contributed by atoms with E-state index >= 15 is 0 Å². The molecule has 0 spiro atoms. The van der Waals surface area contributed by atoms with Gasteiger partial charge in [0.25, 0.3) is 0 Å². The largest absolute Gasteiger partial charge is 0.465 e. The molecule has 2 heterocycles. The maximum Gasteiger partial charge on any atom is 0.343 e. The number of esters is 2. The van der Waals surface area contributed by atoms with Gasteiger partial charge in [0.15, 0.2) is 5.75 Å². The molecule has 1 aliphatic rings. The van der Waals surface area contributed by atoms with Crippen molar-refractivity contribution in [2.24, 2.45) is 0 Å². The number of hydrogen-bond donors (Lipinski definition) is 0. The number of ether oxygens (including phenoxy) is 2. The average molecular weight is 350 g/mol. The molecule has 130 valence electrons. The van der Waals surface area contributed by atoms with Gasteiger partial charge in [-0.15, -0.1) is 0 Å². The Bertz CT molecular complexity index is 1080. The van der Waals surface area contributed by atoms with Gasteiger partial charge in [-0.05, 0) is 29.8 Å². The summed E-state index contributed by atoms with van der Waals surface area (Å²) in [6.45, 7) is 0. The van der Waals surface area contributed by atoms with Crippen LogP contribution in [0.25, 0.3) is 11.0 Å². The van der Waals surface area contributed by atoms with E-state index in [-0.39, 0.29) is 12.2 Å². The van der Waals surface area contributed by atoms with E-state index in [2.05, 4.69) is 4.74 Å². The summed E-state index contributed by atoms with van der Waals surface area (Å²) in [6, 6.07) is 13.5. The molecule has 0 radical (unpaired) electrons. The molecule has 0 saturated carbocycles. The van der Waals surface area contributed by atoms with Crippen molar-refractivity contribution in [3.63, 3.8) is 0 Å². The second-order valence-corrected chi connectivity index (χ2v) is 5.97. The molecular weight excluding hydrogens is 336 g/mol. The number of benzene rings is 2. The van der Waals surface area contributed by atoms with E-state index in [0.29, 0.717) is 22.1 Å². The van der Waals surface area contributed by atoms with Gasteiger partial charge in [0.2, 0.25) is 0 Å². The van der Waals surface area contributed by atoms with Crippen LogP contribution in [0, 0.1) is 0 Å². The Morgan fingerprint density at radius 3 is 2.54 bits per heavy atom. The number of methoxy groups -OCH3 is 1. The first-order valence-corrected chi connectivity index (χ1v) is 8.03. The summed E-state index contributed by atoms with van der Waals surface area (Å²) in [5, 5.41) is 0.575. The van der Waals surface area contributed by atoms with Crippen LogP contribution in [0.1, 0.15) is 33.8 Å². The van der Waals surface area contributed by atoms with Gasteiger partial charge in [0.05, 0.1) is 30.0 Å². The third-order valence-electron chi connectivity index (χ3n) is 4.47. The first kappa shape index (κ1) is 16.1. The molecule has 0 bridgehead atoms. The minimum atomic E-state index is -0.534. The maximum atomic E-state index is 12.6. The predicted molar refractivity (Wildman–Crippen MR) is 92.4 cm³/mol. The molecule has 0 saturated heterocycles. The lowest BCUT2D eigenvalue weighted by Crippen LogP contribution is -2.26. The Morgan fingerprint density at radius 2 is 1.81 bits per heavy atom. The fourth-order valence-electron chi connectivity index (χ4n) is 3.22. The van der Waals surface area contributed by atoms with Gasteiger partial charge >= 0.3 is 17.6 Å². The van der Waals surface area contributed by atoms with Gasteiger partial charge in [-0.25, -0.2) is 9.59 Å². The molecule has 4 rings (SSSR count). The van der Waals surface area contributed by atoms with Crippen molar-refractivity contribution >= 4 is 22.9 Å². The summed E-state index contributed by atoms with van der Waals surface area (Å²) < 4.78 is 15.5. The molecule has 3 aromatic rings. The Hall–Kier alpha value is -3.41. The van der Waals surface area contributed by atoms with Crippen LogP contribution in [0.2, 0.25) is 0 Å². The second kappa shape index (κ2) is 6.15. The number of carbonyl (C=O) groups excluding carboxylic acids is 2. The minimum absolute atomic E-state index is 0.0215. The summed E-state index contributed by atoms with van der Waals surface area (Å²) in [4.78, 5) is 36.3. The number of carbonyl (C=O) groups is 2. The maximum absolute atomic E-state index is 12.6. The molecule has 1 aromatic heterocycles. The van der Waals surface area contributed by atoms with Crippen LogP contribution in [-0.4, -0.2) is 19.0 Å². The zero-order chi connectivity index (χ0) is 18.3. The van der Waals surface area contributed by atoms with E-state index in [4.69, 9.17) is 9.15 Å². The lowest BCUT2D eigenvalue weighted by atomic mass is 9.86. The molecule has 1 atom stereocenters. The Kier molecular flexibility index (Phi) is 3.80. The van der Waals surface area contributed by atoms with Crippen molar-refractivity contribution in [3.8, 4) is 5.75 Å². The normalized spacial score (nSPS) is 16.0. The van der Waals surface area contributed by atoms with E-state index in [0.717, 1.165) is 5.56 Å². The Morgan fingerprint density at radius 1 is 1.08 bits per heavy atom. The van der Waals surface area contributed by atoms with Crippen molar-refractivity contribution < 1.29 is 23.5 Å². The standard InChI is InChI=1S/C20H14O6/c1-24-19(22)12-8-6-11(7-9-12)14-10-16(21)26-18-13-4-2-3-5-15(13)25-20(23)17(14)18/h2-9,14H,10H2,1H3/t14-/m0/s1. The number of fused-ring (bicyclic) bond motifs is 3. The third kappa shape index (κ3) is 2.56. The van der Waals surface area contributed by atoms with Crippen molar-refractivity contribution in [2.45, 2.75) is 12.3 Å². The van der Waals surface area contributed by atoms with Crippen LogP contribution in [0.4, 0.5) is 0 Å². The van der Waals surface area contributed by atoms with Crippen molar-refractivity contribution in [1.29, 1.82) is 0 Å². The summed E-state index contributed by atoms with van der Waals surface area (Å²) in [6.07, 6.45) is 0.0215.